The van der Waals surface area contributed by atoms with Crippen LogP contribution in [0.25, 0.3) is 0 Å². The summed E-state index contributed by atoms with van der Waals surface area (Å²) in [6, 6.07) is 0. The molecule has 1 heterocycles. The second-order valence-corrected chi connectivity index (χ2v) is 8.93. The second kappa shape index (κ2) is 7.92. The van der Waals surface area contributed by atoms with Gasteiger partial charge in [-0.15, -0.1) is 0 Å². The summed E-state index contributed by atoms with van der Waals surface area (Å²) in [6.07, 6.45) is 4.64. The van der Waals surface area contributed by atoms with Crippen molar-refractivity contribution in [3.63, 3.8) is 0 Å². The first-order valence-electron chi connectivity index (χ1n) is 8.65. The smallest absolute Gasteiger partial charge is 0.140 e. The first kappa shape index (κ1) is 20.1. The molecule has 1 fully saturated rings. The molecule has 0 aromatic rings. The molecule has 0 aromatic carbocycles. The largest absolute Gasteiger partial charge is 0.299 e. The van der Waals surface area contributed by atoms with E-state index in [1.54, 1.807) is 0 Å². The lowest BCUT2D eigenvalue weighted by molar-refractivity contribution is -0.129. The number of rotatable bonds is 4. The van der Waals surface area contributed by atoms with E-state index in [0.29, 0.717) is 5.78 Å². The third-order valence-corrected chi connectivity index (χ3v) is 11.0. The number of Topliss-reactive ketones (excluding diaryl/α,β-unsaturated/α-hetero) is 1. The predicted octanol–water partition coefficient (Wildman–Crippen LogP) is 6.10. The molecule has 2 heteroatoms. The van der Waals surface area contributed by atoms with Gasteiger partial charge in [0.05, 0.1) is 0 Å². The van der Waals surface area contributed by atoms with Gasteiger partial charge in [0.1, 0.15) is 5.78 Å². The molecule has 0 bridgehead atoms. The van der Waals surface area contributed by atoms with Gasteiger partial charge in [-0.05, 0) is 42.7 Å². The van der Waals surface area contributed by atoms with Crippen LogP contribution in [-0.4, -0.2) is 22.8 Å². The van der Waals surface area contributed by atoms with E-state index in [0.717, 1.165) is 25.7 Å². The van der Waals surface area contributed by atoms with Crippen LogP contribution in [0.15, 0.2) is 0 Å². The van der Waals surface area contributed by atoms with Crippen molar-refractivity contribution in [1.82, 2.24) is 0 Å². The summed E-state index contributed by atoms with van der Waals surface area (Å²) in [5.41, 5.74) is 0. The molecule has 1 aliphatic rings. The van der Waals surface area contributed by atoms with Crippen molar-refractivity contribution in [3.05, 3.63) is 0 Å². The maximum Gasteiger partial charge on any atom is 0.140 e. The van der Waals surface area contributed by atoms with Crippen molar-refractivity contribution in [2.45, 2.75) is 91.4 Å². The minimum atomic E-state index is -0.114. The number of carbonyl (C=O) groups excluding carboxylic acids is 1. The Hall–Kier alpha value is 0.100. The van der Waals surface area contributed by atoms with Crippen LogP contribution in [0.3, 0.4) is 0 Å². The molecule has 1 rings (SSSR count). The van der Waals surface area contributed by atoms with Crippen LogP contribution in [0.4, 0.5) is 0 Å². The summed E-state index contributed by atoms with van der Waals surface area (Å²) < 4.78 is 0. The van der Waals surface area contributed by atoms with Gasteiger partial charge in [-0.25, -0.2) is 0 Å². The van der Waals surface area contributed by atoms with E-state index in [-0.39, 0.29) is 30.1 Å². The highest BCUT2D eigenvalue weighted by molar-refractivity contribution is 7.60. The third-order valence-electron chi connectivity index (χ3n) is 6.25. The zero-order valence-electron chi connectivity index (χ0n) is 15.3. The first-order valence-corrected chi connectivity index (χ1v) is 10.4. The quantitative estimate of drug-likeness (QED) is 0.573. The Labute approximate surface area is 129 Å². The number of hydrogen-bond donors (Lipinski definition) is 0. The summed E-state index contributed by atoms with van der Waals surface area (Å²) >= 11 is 0. The van der Waals surface area contributed by atoms with Gasteiger partial charge < -0.3 is 0 Å². The van der Waals surface area contributed by atoms with Crippen molar-refractivity contribution < 1.29 is 4.79 Å². The average Bonchev–Trinajstić information content (AvgIpc) is 2.50. The fourth-order valence-electron chi connectivity index (χ4n) is 4.60. The summed E-state index contributed by atoms with van der Waals surface area (Å²) in [4.78, 5) is 12.7. The standard InChI is InChI=1S/C16H31OP.C2H6/c1-8-15(9-2)12(5)14(17)13(6)16(10-3,11-4)18(15)7;1-2/h12-13H,8-11H2,1-7H3;1-2H3. The molecule has 1 saturated heterocycles. The minimum Gasteiger partial charge on any atom is -0.299 e. The molecule has 0 aliphatic carbocycles. The van der Waals surface area contributed by atoms with Gasteiger partial charge in [0.2, 0.25) is 0 Å². The predicted molar refractivity (Wildman–Crippen MR) is 94.2 cm³/mol. The van der Waals surface area contributed by atoms with Crippen LogP contribution >= 0.6 is 7.92 Å². The summed E-state index contributed by atoms with van der Waals surface area (Å²) in [5, 5.41) is 0.565. The summed E-state index contributed by atoms with van der Waals surface area (Å²) in [6.45, 7) is 20.0. The van der Waals surface area contributed by atoms with Crippen LogP contribution in [-0.2, 0) is 4.79 Å². The topological polar surface area (TPSA) is 17.1 Å². The molecule has 120 valence electrons. The van der Waals surface area contributed by atoms with Crippen molar-refractivity contribution in [1.29, 1.82) is 0 Å². The molecule has 1 nitrogen and oxygen atoms in total. The lowest BCUT2D eigenvalue weighted by atomic mass is 9.74. The molecule has 0 amide bonds. The van der Waals surface area contributed by atoms with E-state index in [4.69, 9.17) is 0 Å². The van der Waals surface area contributed by atoms with Crippen molar-refractivity contribution in [2.75, 3.05) is 6.66 Å². The molecule has 20 heavy (non-hydrogen) atoms. The maximum atomic E-state index is 12.7. The van der Waals surface area contributed by atoms with Gasteiger partial charge in [0.15, 0.2) is 0 Å². The second-order valence-electron chi connectivity index (χ2n) is 6.03. The molecular weight excluding hydrogens is 263 g/mol. The van der Waals surface area contributed by atoms with Crippen LogP contribution < -0.4 is 0 Å². The van der Waals surface area contributed by atoms with Crippen LogP contribution in [0.2, 0.25) is 0 Å². The fraction of sp³-hybridized carbons (Fsp3) is 0.944. The summed E-state index contributed by atoms with van der Waals surface area (Å²) in [5.74, 6) is 1.04. The highest BCUT2D eigenvalue weighted by Gasteiger charge is 2.57. The molecule has 1 aliphatic heterocycles. The van der Waals surface area contributed by atoms with Crippen LogP contribution in [0.5, 0.6) is 0 Å². The third kappa shape index (κ3) is 2.72. The fourth-order valence-corrected chi connectivity index (χ4v) is 8.80. The lowest BCUT2D eigenvalue weighted by Crippen LogP contribution is -2.55. The monoisotopic (exact) mass is 300 g/mol. The van der Waals surface area contributed by atoms with E-state index < -0.39 is 0 Å². The molecule has 0 radical (unpaired) electrons. The minimum absolute atomic E-state index is 0.114. The number of carbonyl (C=O) groups is 1. The lowest BCUT2D eigenvalue weighted by Gasteiger charge is -2.59. The molecule has 0 spiro atoms. The molecule has 2 atom stereocenters. The normalized spacial score (nSPS) is 31.4. The van der Waals surface area contributed by atoms with E-state index in [2.05, 4.69) is 48.2 Å². The Morgan fingerprint density at radius 2 is 1.10 bits per heavy atom. The van der Waals surface area contributed by atoms with E-state index in [9.17, 15) is 4.79 Å². The maximum absolute atomic E-state index is 12.7. The Morgan fingerprint density at radius 3 is 1.30 bits per heavy atom. The zero-order valence-corrected chi connectivity index (χ0v) is 16.2. The van der Waals surface area contributed by atoms with Crippen molar-refractivity contribution >= 4 is 13.7 Å². The van der Waals surface area contributed by atoms with Gasteiger partial charge in [-0.3, -0.25) is 4.79 Å². The molecule has 0 aromatic heterocycles. The van der Waals surface area contributed by atoms with Gasteiger partial charge in [-0.1, -0.05) is 63.3 Å². The first-order chi connectivity index (χ1) is 9.37. The van der Waals surface area contributed by atoms with E-state index in [1.165, 1.54) is 0 Å². The molecular formula is C18H37OP. The van der Waals surface area contributed by atoms with E-state index >= 15 is 0 Å². The Morgan fingerprint density at radius 1 is 0.850 bits per heavy atom. The zero-order chi connectivity index (χ0) is 16.1. The number of hydrogen-bond acceptors (Lipinski definition) is 1. The highest BCUT2D eigenvalue weighted by atomic mass is 31.1. The van der Waals surface area contributed by atoms with Gasteiger partial charge >= 0.3 is 0 Å². The van der Waals surface area contributed by atoms with Crippen LogP contribution in [0, 0.1) is 11.8 Å². The van der Waals surface area contributed by atoms with Crippen molar-refractivity contribution in [2.24, 2.45) is 11.8 Å². The summed E-state index contributed by atoms with van der Waals surface area (Å²) in [7, 11) is -0.114. The van der Waals surface area contributed by atoms with Gasteiger partial charge in [-0.2, -0.15) is 0 Å². The van der Waals surface area contributed by atoms with Crippen molar-refractivity contribution in [3.8, 4) is 0 Å². The molecule has 0 N–H and O–H groups in total. The molecule has 0 saturated carbocycles. The van der Waals surface area contributed by atoms with E-state index in [1.807, 2.05) is 13.8 Å². The average molecular weight is 300 g/mol. The SMILES string of the molecule is CC.CCC1(CC)C(C)C(=O)C(C)C(CC)(CC)P1C. The van der Waals surface area contributed by atoms with Gasteiger partial charge in [0.25, 0.3) is 0 Å². The van der Waals surface area contributed by atoms with Crippen LogP contribution in [0.1, 0.15) is 81.1 Å². The molecule has 2 unspecified atom stereocenters. The highest BCUT2D eigenvalue weighted by Crippen LogP contribution is 2.70. The Kier molecular flexibility index (Phi) is 7.96. The Balaban J connectivity index is 0.00000172. The van der Waals surface area contributed by atoms with Gasteiger partial charge in [0, 0.05) is 11.8 Å². The number of ketones is 1. The Bertz CT molecular complexity index is 275.